The number of nitrogens with zero attached hydrogens (tertiary/aromatic N) is 3. The maximum absolute atomic E-state index is 12.9. The lowest BCUT2D eigenvalue weighted by molar-refractivity contribution is 0.508. The number of hydrogen-bond acceptors (Lipinski definition) is 4. The van der Waals surface area contributed by atoms with Crippen LogP contribution in [-0.4, -0.2) is 21.0 Å². The van der Waals surface area contributed by atoms with Crippen LogP contribution in [-0.2, 0) is 0 Å². The number of nitrogens with one attached hydrogen (secondary N) is 1. The molecular weight excluding hydrogens is 231 g/mol. The minimum Gasteiger partial charge on any atom is -0.301 e. The van der Waals surface area contributed by atoms with E-state index in [0.29, 0.717) is 0 Å². The summed E-state index contributed by atoms with van der Waals surface area (Å²) in [5.41, 5.74) is 1.50. The Bertz CT molecular complexity index is 484. The van der Waals surface area contributed by atoms with Crippen molar-refractivity contribution in [3.05, 3.63) is 54.1 Å². The first-order chi connectivity index (χ1) is 8.66. The fraction of sp³-hybridized carbons (Fsp3) is 0.308. The van der Waals surface area contributed by atoms with Gasteiger partial charge in [0.2, 0.25) is 0 Å². The molecule has 0 aliphatic heterocycles. The predicted molar refractivity (Wildman–Crippen MR) is 66.3 cm³/mol. The average molecular weight is 246 g/mol. The van der Waals surface area contributed by atoms with E-state index in [-0.39, 0.29) is 17.9 Å². The summed E-state index contributed by atoms with van der Waals surface area (Å²) < 4.78 is 12.9. The van der Waals surface area contributed by atoms with Gasteiger partial charge in [0.05, 0.1) is 29.8 Å². The van der Waals surface area contributed by atoms with Gasteiger partial charge in [0, 0.05) is 18.4 Å². The molecule has 2 aromatic rings. The van der Waals surface area contributed by atoms with Crippen molar-refractivity contribution >= 4 is 0 Å². The number of hydrogen-bond donors (Lipinski definition) is 1. The van der Waals surface area contributed by atoms with Gasteiger partial charge in [-0.15, -0.1) is 0 Å². The second-order valence-electron chi connectivity index (χ2n) is 4.29. The summed E-state index contributed by atoms with van der Waals surface area (Å²) in [5.74, 6) is -0.346. The van der Waals surface area contributed by atoms with Crippen LogP contribution in [0.25, 0.3) is 0 Å². The Labute approximate surface area is 105 Å². The van der Waals surface area contributed by atoms with Crippen molar-refractivity contribution in [2.24, 2.45) is 0 Å². The van der Waals surface area contributed by atoms with Gasteiger partial charge in [-0.05, 0) is 26.0 Å². The van der Waals surface area contributed by atoms with E-state index in [2.05, 4.69) is 20.3 Å². The molecule has 0 radical (unpaired) electrons. The summed E-state index contributed by atoms with van der Waals surface area (Å²) in [5, 5.41) is 3.34. The molecule has 0 bridgehead atoms. The van der Waals surface area contributed by atoms with Gasteiger partial charge < -0.3 is 5.32 Å². The second kappa shape index (κ2) is 5.64. The van der Waals surface area contributed by atoms with E-state index >= 15 is 0 Å². The zero-order valence-corrected chi connectivity index (χ0v) is 10.3. The molecule has 1 unspecified atom stereocenters. The molecule has 4 nitrogen and oxygen atoms in total. The van der Waals surface area contributed by atoms with Crippen LogP contribution < -0.4 is 5.32 Å². The minimum absolute atomic E-state index is 0.181. The summed E-state index contributed by atoms with van der Waals surface area (Å²) in [4.78, 5) is 12.4. The molecule has 1 atom stereocenters. The van der Waals surface area contributed by atoms with E-state index in [1.165, 1.54) is 12.3 Å². The molecule has 0 fully saturated rings. The molecule has 0 aliphatic rings. The highest BCUT2D eigenvalue weighted by Gasteiger charge is 2.17. The van der Waals surface area contributed by atoms with Gasteiger partial charge in [0.1, 0.15) is 5.82 Å². The van der Waals surface area contributed by atoms with Gasteiger partial charge in [-0.25, -0.2) is 4.39 Å². The molecule has 94 valence electrons. The lowest BCUT2D eigenvalue weighted by Crippen LogP contribution is -2.30. The van der Waals surface area contributed by atoms with Gasteiger partial charge in [-0.3, -0.25) is 15.0 Å². The lowest BCUT2D eigenvalue weighted by Gasteiger charge is -2.19. The summed E-state index contributed by atoms with van der Waals surface area (Å²) in [6.07, 6.45) is 6.15. The van der Waals surface area contributed by atoms with Gasteiger partial charge >= 0.3 is 0 Å². The van der Waals surface area contributed by atoms with Crippen LogP contribution in [0.4, 0.5) is 4.39 Å². The largest absolute Gasteiger partial charge is 0.301 e. The molecule has 1 N–H and O–H groups in total. The highest BCUT2D eigenvalue weighted by molar-refractivity contribution is 5.20. The molecule has 2 heterocycles. The van der Waals surface area contributed by atoms with Gasteiger partial charge in [0.15, 0.2) is 0 Å². The quantitative estimate of drug-likeness (QED) is 0.897. The van der Waals surface area contributed by atoms with Crippen LogP contribution in [0, 0.1) is 5.82 Å². The van der Waals surface area contributed by atoms with Crippen molar-refractivity contribution < 1.29 is 4.39 Å². The monoisotopic (exact) mass is 246 g/mol. The fourth-order valence-corrected chi connectivity index (χ4v) is 1.67. The predicted octanol–water partition coefficient (Wildman–Crippen LogP) is 2.10. The molecule has 2 aromatic heterocycles. The Kier molecular flexibility index (Phi) is 3.94. The third-order valence-electron chi connectivity index (χ3n) is 2.42. The Balaban J connectivity index is 2.33. The third kappa shape index (κ3) is 3.07. The van der Waals surface area contributed by atoms with Crippen LogP contribution in [0.5, 0.6) is 0 Å². The number of halogens is 1. The van der Waals surface area contributed by atoms with Crippen LogP contribution in [0.1, 0.15) is 31.3 Å². The Morgan fingerprint density at radius 3 is 2.44 bits per heavy atom. The van der Waals surface area contributed by atoms with Crippen molar-refractivity contribution in [2.75, 3.05) is 0 Å². The van der Waals surface area contributed by atoms with Gasteiger partial charge in [-0.2, -0.15) is 0 Å². The molecule has 2 rings (SSSR count). The molecule has 0 amide bonds. The van der Waals surface area contributed by atoms with Crippen molar-refractivity contribution in [1.29, 1.82) is 0 Å². The number of pyridine rings is 1. The Morgan fingerprint density at radius 2 is 1.89 bits per heavy atom. The van der Waals surface area contributed by atoms with E-state index in [0.717, 1.165) is 11.4 Å². The molecule has 0 saturated carbocycles. The van der Waals surface area contributed by atoms with E-state index in [4.69, 9.17) is 0 Å². The van der Waals surface area contributed by atoms with Crippen LogP contribution in [0.2, 0.25) is 0 Å². The molecular formula is C13H15FN4. The SMILES string of the molecule is CC(C)NC(c1ccc(F)cn1)c1cnccn1. The highest BCUT2D eigenvalue weighted by Crippen LogP contribution is 2.18. The van der Waals surface area contributed by atoms with E-state index in [1.807, 2.05) is 13.8 Å². The summed E-state index contributed by atoms with van der Waals surface area (Å²) in [7, 11) is 0. The number of aromatic nitrogens is 3. The van der Waals surface area contributed by atoms with Crippen molar-refractivity contribution in [2.45, 2.75) is 25.9 Å². The third-order valence-corrected chi connectivity index (χ3v) is 2.42. The van der Waals surface area contributed by atoms with E-state index in [9.17, 15) is 4.39 Å². The van der Waals surface area contributed by atoms with Crippen molar-refractivity contribution in [3.8, 4) is 0 Å². The topological polar surface area (TPSA) is 50.7 Å². The van der Waals surface area contributed by atoms with Crippen LogP contribution >= 0.6 is 0 Å². The maximum atomic E-state index is 12.9. The van der Waals surface area contributed by atoms with Crippen molar-refractivity contribution in [1.82, 2.24) is 20.3 Å². The first kappa shape index (κ1) is 12.6. The highest BCUT2D eigenvalue weighted by atomic mass is 19.1. The smallest absolute Gasteiger partial charge is 0.141 e. The Morgan fingerprint density at radius 1 is 1.06 bits per heavy atom. The van der Waals surface area contributed by atoms with Crippen LogP contribution in [0.3, 0.4) is 0 Å². The molecule has 0 aromatic carbocycles. The van der Waals surface area contributed by atoms with Gasteiger partial charge in [0.25, 0.3) is 0 Å². The Hall–Kier alpha value is -1.88. The van der Waals surface area contributed by atoms with Gasteiger partial charge in [-0.1, -0.05) is 0 Å². The summed E-state index contributed by atoms with van der Waals surface area (Å²) >= 11 is 0. The summed E-state index contributed by atoms with van der Waals surface area (Å²) in [6, 6.07) is 3.13. The molecule has 0 spiro atoms. The average Bonchev–Trinajstić information content (AvgIpc) is 2.38. The van der Waals surface area contributed by atoms with Crippen LogP contribution in [0.15, 0.2) is 36.9 Å². The van der Waals surface area contributed by atoms with Crippen molar-refractivity contribution in [3.63, 3.8) is 0 Å². The first-order valence-electron chi connectivity index (χ1n) is 5.80. The maximum Gasteiger partial charge on any atom is 0.141 e. The first-order valence-corrected chi connectivity index (χ1v) is 5.80. The minimum atomic E-state index is -0.346. The zero-order valence-electron chi connectivity index (χ0n) is 10.3. The molecule has 18 heavy (non-hydrogen) atoms. The lowest BCUT2D eigenvalue weighted by atomic mass is 10.1. The molecule has 0 saturated heterocycles. The normalized spacial score (nSPS) is 12.7. The second-order valence-corrected chi connectivity index (χ2v) is 4.29. The molecule has 5 heteroatoms. The number of rotatable bonds is 4. The van der Waals surface area contributed by atoms with E-state index in [1.54, 1.807) is 24.7 Å². The fourth-order valence-electron chi connectivity index (χ4n) is 1.67. The van der Waals surface area contributed by atoms with E-state index < -0.39 is 0 Å². The molecule has 0 aliphatic carbocycles. The standard InChI is InChI=1S/C13H15FN4/c1-9(2)18-13(12-8-15-5-6-16-12)11-4-3-10(14)7-17-11/h3-9,13,18H,1-2H3. The summed E-state index contributed by atoms with van der Waals surface area (Å²) in [6.45, 7) is 4.07. The zero-order chi connectivity index (χ0) is 13.0.